The molecule has 138 valence electrons. The standard InChI is InChI=1S/C15H14Cl2FN5O2S/c1-7-14(8(2)23(3)21-7)22-26(24,25)13-6-19-20-15(13)9-4-12(18)11(17)5-10(9)16/h4-6,22H,1-3H3,(H,19,20). The largest absolute Gasteiger partial charge is 0.276 e. The summed E-state index contributed by atoms with van der Waals surface area (Å²) in [4.78, 5) is -0.177. The third kappa shape index (κ3) is 3.17. The second kappa shape index (κ2) is 6.57. The second-order valence-electron chi connectivity index (χ2n) is 5.63. The van der Waals surface area contributed by atoms with Crippen LogP contribution in [0.4, 0.5) is 10.1 Å². The number of halogens is 3. The Hall–Kier alpha value is -2.10. The zero-order valence-electron chi connectivity index (χ0n) is 13.9. The van der Waals surface area contributed by atoms with Crippen LogP contribution in [0, 0.1) is 19.7 Å². The first-order chi connectivity index (χ1) is 12.1. The Morgan fingerprint density at radius 2 is 1.92 bits per heavy atom. The fraction of sp³-hybridized carbons (Fsp3) is 0.200. The number of anilines is 1. The van der Waals surface area contributed by atoms with Crippen LogP contribution in [-0.4, -0.2) is 28.4 Å². The van der Waals surface area contributed by atoms with Gasteiger partial charge in [-0.25, -0.2) is 12.8 Å². The molecule has 0 unspecified atom stereocenters. The summed E-state index contributed by atoms with van der Waals surface area (Å²) in [6, 6.07) is 2.26. The van der Waals surface area contributed by atoms with Crippen molar-refractivity contribution in [1.29, 1.82) is 0 Å². The van der Waals surface area contributed by atoms with E-state index in [1.165, 1.54) is 6.07 Å². The lowest BCUT2D eigenvalue weighted by Crippen LogP contribution is -2.14. The van der Waals surface area contributed by atoms with E-state index in [4.69, 9.17) is 23.2 Å². The Bertz CT molecular complexity index is 1110. The minimum Gasteiger partial charge on any atom is -0.276 e. The lowest BCUT2D eigenvalue weighted by molar-refractivity contribution is 0.601. The number of hydrogen-bond acceptors (Lipinski definition) is 4. The van der Waals surface area contributed by atoms with E-state index < -0.39 is 15.8 Å². The van der Waals surface area contributed by atoms with Gasteiger partial charge in [-0.2, -0.15) is 10.2 Å². The van der Waals surface area contributed by atoms with Crippen molar-refractivity contribution in [1.82, 2.24) is 20.0 Å². The van der Waals surface area contributed by atoms with Crippen molar-refractivity contribution in [2.45, 2.75) is 18.7 Å². The topological polar surface area (TPSA) is 92.7 Å². The SMILES string of the molecule is Cc1nn(C)c(C)c1NS(=O)(=O)c1cn[nH]c1-c1cc(F)c(Cl)cc1Cl. The third-order valence-electron chi connectivity index (χ3n) is 3.92. The monoisotopic (exact) mass is 417 g/mol. The van der Waals surface area contributed by atoms with Crippen LogP contribution in [0.5, 0.6) is 0 Å². The minimum absolute atomic E-state index is 0.0530. The van der Waals surface area contributed by atoms with Gasteiger partial charge in [-0.1, -0.05) is 23.2 Å². The summed E-state index contributed by atoms with van der Waals surface area (Å²) in [5, 5.41) is 10.4. The Balaban J connectivity index is 2.09. The summed E-state index contributed by atoms with van der Waals surface area (Å²) in [5.74, 6) is -0.726. The summed E-state index contributed by atoms with van der Waals surface area (Å²) in [6.45, 7) is 3.42. The van der Waals surface area contributed by atoms with E-state index in [-0.39, 0.29) is 26.2 Å². The molecule has 0 spiro atoms. The van der Waals surface area contributed by atoms with Crippen LogP contribution in [0.15, 0.2) is 23.2 Å². The smallest absolute Gasteiger partial charge is 0.265 e. The maximum absolute atomic E-state index is 13.8. The van der Waals surface area contributed by atoms with Gasteiger partial charge in [-0.05, 0) is 26.0 Å². The molecule has 1 aromatic carbocycles. The molecule has 7 nitrogen and oxygen atoms in total. The van der Waals surface area contributed by atoms with E-state index in [1.807, 2.05) is 0 Å². The highest BCUT2D eigenvalue weighted by atomic mass is 35.5. The van der Waals surface area contributed by atoms with Gasteiger partial charge < -0.3 is 0 Å². The van der Waals surface area contributed by atoms with Crippen LogP contribution >= 0.6 is 23.2 Å². The summed E-state index contributed by atoms with van der Waals surface area (Å²) >= 11 is 11.8. The number of rotatable bonds is 4. The number of aromatic amines is 1. The highest BCUT2D eigenvalue weighted by Crippen LogP contribution is 2.35. The van der Waals surface area contributed by atoms with Crippen LogP contribution in [0.2, 0.25) is 10.0 Å². The molecule has 0 radical (unpaired) electrons. The van der Waals surface area contributed by atoms with Gasteiger partial charge in [0.05, 0.1) is 39.0 Å². The van der Waals surface area contributed by atoms with Gasteiger partial charge in [0.1, 0.15) is 10.7 Å². The maximum Gasteiger partial charge on any atom is 0.265 e. The molecule has 11 heteroatoms. The Morgan fingerprint density at radius 3 is 2.54 bits per heavy atom. The third-order valence-corrected chi connectivity index (χ3v) is 5.88. The van der Waals surface area contributed by atoms with Crippen molar-refractivity contribution in [2.24, 2.45) is 7.05 Å². The van der Waals surface area contributed by atoms with E-state index in [1.54, 1.807) is 25.6 Å². The number of nitrogens with one attached hydrogen (secondary N) is 2. The lowest BCUT2D eigenvalue weighted by Gasteiger charge is -2.10. The van der Waals surface area contributed by atoms with Gasteiger partial charge in [-0.15, -0.1) is 0 Å². The highest BCUT2D eigenvalue weighted by Gasteiger charge is 2.26. The number of nitrogens with zero attached hydrogens (tertiary/aromatic N) is 3. The van der Waals surface area contributed by atoms with E-state index in [0.717, 1.165) is 12.3 Å². The zero-order valence-corrected chi connectivity index (χ0v) is 16.3. The maximum atomic E-state index is 13.8. The van der Waals surface area contributed by atoms with Crippen LogP contribution in [0.3, 0.4) is 0 Å². The average molecular weight is 418 g/mol. The molecule has 2 aromatic heterocycles. The molecule has 0 aliphatic heterocycles. The predicted octanol–water partition coefficient (Wildman–Crippen LogP) is 3.67. The fourth-order valence-corrected chi connectivity index (χ4v) is 4.26. The molecule has 0 saturated heterocycles. The number of hydrogen-bond donors (Lipinski definition) is 2. The van der Waals surface area contributed by atoms with Crippen LogP contribution in [0.1, 0.15) is 11.4 Å². The molecule has 0 aliphatic rings. The van der Waals surface area contributed by atoms with Crippen LogP contribution in [0.25, 0.3) is 11.3 Å². The van der Waals surface area contributed by atoms with Crippen molar-refractivity contribution in [3.63, 3.8) is 0 Å². The first-order valence-electron chi connectivity index (χ1n) is 7.33. The van der Waals surface area contributed by atoms with Gasteiger partial charge in [0.25, 0.3) is 10.0 Å². The van der Waals surface area contributed by atoms with Gasteiger partial charge in [0, 0.05) is 12.6 Å². The molecule has 2 N–H and O–H groups in total. The molecule has 3 rings (SSSR count). The summed E-state index contributed by atoms with van der Waals surface area (Å²) in [6.07, 6.45) is 1.13. The van der Waals surface area contributed by atoms with Crippen molar-refractivity contribution in [3.05, 3.63) is 45.6 Å². The molecule has 0 saturated carbocycles. The van der Waals surface area contributed by atoms with E-state index in [2.05, 4.69) is 20.0 Å². The number of H-pyrrole nitrogens is 1. The Morgan fingerprint density at radius 1 is 1.23 bits per heavy atom. The lowest BCUT2D eigenvalue weighted by atomic mass is 10.1. The molecule has 0 fully saturated rings. The first-order valence-corrected chi connectivity index (χ1v) is 9.57. The molecule has 3 aromatic rings. The van der Waals surface area contributed by atoms with Crippen molar-refractivity contribution >= 4 is 38.9 Å². The normalized spacial score (nSPS) is 11.8. The number of benzene rings is 1. The van der Waals surface area contributed by atoms with Crippen LogP contribution < -0.4 is 4.72 Å². The quantitative estimate of drug-likeness (QED) is 0.633. The molecular formula is C15H14Cl2FN5O2S. The predicted molar refractivity (Wildman–Crippen MR) is 97.5 cm³/mol. The molecule has 0 bridgehead atoms. The summed E-state index contributed by atoms with van der Waals surface area (Å²) < 4.78 is 43.6. The number of sulfonamides is 1. The number of aryl methyl sites for hydroxylation is 2. The molecule has 0 aliphatic carbocycles. The minimum atomic E-state index is -4.03. The van der Waals surface area contributed by atoms with Gasteiger partial charge in [0.2, 0.25) is 0 Å². The Kier molecular flexibility index (Phi) is 4.72. The summed E-state index contributed by atoms with van der Waals surface area (Å²) in [7, 11) is -2.32. The van der Waals surface area contributed by atoms with Gasteiger partial charge in [0.15, 0.2) is 0 Å². The van der Waals surface area contributed by atoms with E-state index >= 15 is 0 Å². The first kappa shape index (κ1) is 18.7. The zero-order chi connectivity index (χ0) is 19.2. The fourth-order valence-electron chi connectivity index (χ4n) is 2.50. The second-order valence-corrected chi connectivity index (χ2v) is 8.10. The summed E-state index contributed by atoms with van der Waals surface area (Å²) in [5.41, 5.74) is 1.72. The van der Waals surface area contributed by atoms with Crippen molar-refractivity contribution in [3.8, 4) is 11.3 Å². The molecular weight excluding hydrogens is 404 g/mol. The Labute approximate surface area is 159 Å². The highest BCUT2D eigenvalue weighted by molar-refractivity contribution is 7.92. The average Bonchev–Trinajstić information content (AvgIpc) is 3.13. The van der Waals surface area contributed by atoms with Crippen molar-refractivity contribution in [2.75, 3.05) is 4.72 Å². The van der Waals surface area contributed by atoms with Gasteiger partial charge >= 0.3 is 0 Å². The van der Waals surface area contributed by atoms with Gasteiger partial charge in [-0.3, -0.25) is 14.5 Å². The van der Waals surface area contributed by atoms with Crippen molar-refractivity contribution < 1.29 is 12.8 Å². The molecule has 26 heavy (non-hydrogen) atoms. The molecule has 0 amide bonds. The number of aromatic nitrogens is 4. The molecule has 0 atom stereocenters. The van der Waals surface area contributed by atoms with E-state index in [9.17, 15) is 12.8 Å². The van der Waals surface area contributed by atoms with Crippen LogP contribution in [-0.2, 0) is 17.1 Å². The van der Waals surface area contributed by atoms with E-state index in [0.29, 0.717) is 17.1 Å². The molecule has 2 heterocycles.